The highest BCUT2D eigenvalue weighted by Crippen LogP contribution is 2.19. The van der Waals surface area contributed by atoms with Crippen molar-refractivity contribution >= 4 is 23.6 Å². The van der Waals surface area contributed by atoms with Gasteiger partial charge in [0.25, 0.3) is 0 Å². The van der Waals surface area contributed by atoms with Gasteiger partial charge in [-0.3, -0.25) is 19.2 Å². The van der Waals surface area contributed by atoms with E-state index in [9.17, 15) is 19.2 Å². The number of primary amides is 1. The van der Waals surface area contributed by atoms with Crippen molar-refractivity contribution in [3.8, 4) is 0 Å². The Morgan fingerprint density at radius 1 is 1.38 bits per heavy atom. The molecule has 140 valence electrons. The molecule has 0 spiro atoms. The summed E-state index contributed by atoms with van der Waals surface area (Å²) in [5.74, 6) is -1.51. The van der Waals surface area contributed by atoms with Gasteiger partial charge in [0.05, 0.1) is 6.33 Å². The number of hydrogen-bond acceptors (Lipinski definition) is 5. The molecule has 0 radical (unpaired) electrons. The molecule has 0 bridgehead atoms. The van der Waals surface area contributed by atoms with Gasteiger partial charge in [-0.2, -0.15) is 0 Å². The zero-order valence-corrected chi connectivity index (χ0v) is 14.2. The number of nitrogens with zero attached hydrogens (tertiary/aromatic N) is 2. The molecule has 0 saturated carbocycles. The molecule has 5 N–H and O–H groups in total. The molecule has 4 amide bonds. The molecule has 0 unspecified atom stereocenters. The number of aromatic nitrogens is 2. The first-order valence-electron chi connectivity index (χ1n) is 8.62. The highest BCUT2D eigenvalue weighted by atomic mass is 16.2. The third kappa shape index (κ3) is 3.84. The van der Waals surface area contributed by atoms with Crippen molar-refractivity contribution in [1.82, 2.24) is 25.5 Å². The molecular formula is C16H22N6O4. The number of likely N-dealkylation sites (tertiary alicyclic amines) is 1. The van der Waals surface area contributed by atoms with Crippen LogP contribution in [-0.2, 0) is 25.6 Å². The van der Waals surface area contributed by atoms with E-state index in [0.29, 0.717) is 31.5 Å². The van der Waals surface area contributed by atoms with E-state index >= 15 is 0 Å². The molecule has 10 nitrogen and oxygen atoms in total. The zero-order chi connectivity index (χ0) is 18.7. The Bertz CT molecular complexity index is 704. The van der Waals surface area contributed by atoms with Gasteiger partial charge in [-0.1, -0.05) is 0 Å². The van der Waals surface area contributed by atoms with Crippen LogP contribution in [0.5, 0.6) is 0 Å². The van der Waals surface area contributed by atoms with Gasteiger partial charge in [0.15, 0.2) is 0 Å². The molecule has 2 saturated heterocycles. The Morgan fingerprint density at radius 2 is 2.19 bits per heavy atom. The minimum Gasteiger partial charge on any atom is -0.368 e. The highest BCUT2D eigenvalue weighted by molar-refractivity contribution is 5.95. The van der Waals surface area contributed by atoms with Gasteiger partial charge in [-0.15, -0.1) is 0 Å². The van der Waals surface area contributed by atoms with E-state index in [4.69, 9.17) is 5.73 Å². The van der Waals surface area contributed by atoms with E-state index in [1.54, 1.807) is 6.20 Å². The first-order valence-corrected chi connectivity index (χ1v) is 8.62. The summed E-state index contributed by atoms with van der Waals surface area (Å²) in [5, 5.41) is 5.29. The minimum absolute atomic E-state index is 0.185. The van der Waals surface area contributed by atoms with Crippen LogP contribution in [0.3, 0.4) is 0 Å². The lowest BCUT2D eigenvalue weighted by molar-refractivity contribution is -0.140. The summed E-state index contributed by atoms with van der Waals surface area (Å²) in [5.41, 5.74) is 6.07. The number of imidazole rings is 1. The standard InChI is InChI=1S/C16H22N6O4/c17-14(24)12-2-1-5-22(12)16(26)11(6-9-7-18-8-19-9)21-15(25)10-3-4-13(23)20-10/h7-8,10-12H,1-6H2,(H2,17,24)(H,18,19)(H,20,23)(H,21,25)/t10-,11+,12+/m0/s1. The molecule has 1 aromatic rings. The average Bonchev–Trinajstić information content (AvgIpc) is 3.34. The predicted molar refractivity (Wildman–Crippen MR) is 89.3 cm³/mol. The number of carbonyl (C=O) groups is 4. The minimum atomic E-state index is -0.875. The van der Waals surface area contributed by atoms with Crippen LogP contribution in [0.4, 0.5) is 0 Å². The fourth-order valence-corrected chi connectivity index (χ4v) is 3.43. The number of rotatable bonds is 6. The fraction of sp³-hybridized carbons (Fsp3) is 0.562. The van der Waals surface area contributed by atoms with Crippen molar-refractivity contribution in [3.63, 3.8) is 0 Å². The topological polar surface area (TPSA) is 150 Å². The van der Waals surface area contributed by atoms with Crippen molar-refractivity contribution in [1.29, 1.82) is 0 Å². The molecule has 26 heavy (non-hydrogen) atoms. The SMILES string of the molecule is NC(=O)[C@H]1CCCN1C(=O)[C@@H](Cc1cnc[nH]1)NC(=O)[C@@H]1CCC(=O)N1. The van der Waals surface area contributed by atoms with E-state index in [-0.39, 0.29) is 24.7 Å². The summed E-state index contributed by atoms with van der Waals surface area (Å²) in [6, 6.07) is -2.18. The van der Waals surface area contributed by atoms with Crippen LogP contribution in [0.1, 0.15) is 31.4 Å². The maximum Gasteiger partial charge on any atom is 0.246 e. The van der Waals surface area contributed by atoms with E-state index in [0.717, 1.165) is 0 Å². The third-order valence-electron chi connectivity index (χ3n) is 4.77. The van der Waals surface area contributed by atoms with Crippen molar-refractivity contribution in [2.24, 2.45) is 5.73 Å². The fourth-order valence-electron chi connectivity index (χ4n) is 3.43. The summed E-state index contributed by atoms with van der Waals surface area (Å²) in [4.78, 5) is 56.6. The Labute approximate surface area is 149 Å². The smallest absolute Gasteiger partial charge is 0.246 e. The number of hydrogen-bond donors (Lipinski definition) is 4. The third-order valence-corrected chi connectivity index (χ3v) is 4.77. The van der Waals surface area contributed by atoms with Crippen molar-refractivity contribution in [2.45, 2.75) is 50.2 Å². The van der Waals surface area contributed by atoms with Crippen LogP contribution >= 0.6 is 0 Å². The first kappa shape index (κ1) is 17.9. The number of nitrogens with one attached hydrogen (secondary N) is 3. The second-order valence-corrected chi connectivity index (χ2v) is 6.59. The Morgan fingerprint density at radius 3 is 2.81 bits per heavy atom. The lowest BCUT2D eigenvalue weighted by atomic mass is 10.1. The normalized spacial score (nSPS) is 23.5. The van der Waals surface area contributed by atoms with Crippen molar-refractivity contribution in [3.05, 3.63) is 18.2 Å². The van der Waals surface area contributed by atoms with Gasteiger partial charge in [-0.05, 0) is 19.3 Å². The average molecular weight is 362 g/mol. The van der Waals surface area contributed by atoms with Crippen molar-refractivity contribution in [2.75, 3.05) is 6.54 Å². The van der Waals surface area contributed by atoms with Gasteiger partial charge < -0.3 is 26.3 Å². The summed E-state index contributed by atoms with van der Waals surface area (Å²) in [6.45, 7) is 0.419. The Kier molecular flexibility index (Phi) is 5.19. The van der Waals surface area contributed by atoms with E-state index < -0.39 is 29.9 Å². The van der Waals surface area contributed by atoms with E-state index in [1.165, 1.54) is 11.2 Å². The number of nitrogens with two attached hydrogens (primary N) is 1. The monoisotopic (exact) mass is 362 g/mol. The Hall–Kier alpha value is -2.91. The van der Waals surface area contributed by atoms with Gasteiger partial charge in [0, 0.05) is 31.3 Å². The second kappa shape index (κ2) is 7.54. The largest absolute Gasteiger partial charge is 0.368 e. The quantitative estimate of drug-likeness (QED) is 0.470. The van der Waals surface area contributed by atoms with Gasteiger partial charge in [0.2, 0.25) is 23.6 Å². The number of carbonyl (C=O) groups excluding carboxylic acids is 4. The van der Waals surface area contributed by atoms with Crippen LogP contribution < -0.4 is 16.4 Å². The molecule has 10 heteroatoms. The number of aromatic amines is 1. The van der Waals surface area contributed by atoms with Crippen LogP contribution in [0, 0.1) is 0 Å². The molecule has 2 aliphatic rings. The van der Waals surface area contributed by atoms with E-state index in [1.807, 2.05) is 0 Å². The molecule has 3 rings (SSSR count). The van der Waals surface area contributed by atoms with Gasteiger partial charge in [0.1, 0.15) is 18.1 Å². The molecule has 0 aromatic carbocycles. The maximum atomic E-state index is 13.0. The maximum absolute atomic E-state index is 13.0. The summed E-state index contributed by atoms with van der Waals surface area (Å²) < 4.78 is 0. The Balaban J connectivity index is 1.74. The van der Waals surface area contributed by atoms with Crippen LogP contribution in [0.2, 0.25) is 0 Å². The zero-order valence-electron chi connectivity index (χ0n) is 14.2. The van der Waals surface area contributed by atoms with Crippen LogP contribution in [-0.4, -0.2) is 63.2 Å². The number of amides is 4. The highest BCUT2D eigenvalue weighted by Gasteiger charge is 2.38. The second-order valence-electron chi connectivity index (χ2n) is 6.59. The summed E-state index contributed by atoms with van der Waals surface area (Å²) in [6.07, 6.45) is 5.13. The van der Waals surface area contributed by atoms with Crippen LogP contribution in [0.25, 0.3) is 0 Å². The number of H-pyrrole nitrogens is 1. The lowest BCUT2D eigenvalue weighted by Gasteiger charge is -2.28. The lowest BCUT2D eigenvalue weighted by Crippen LogP contribution is -2.56. The van der Waals surface area contributed by atoms with Crippen molar-refractivity contribution < 1.29 is 19.2 Å². The molecule has 3 heterocycles. The van der Waals surface area contributed by atoms with E-state index in [2.05, 4.69) is 20.6 Å². The first-order chi connectivity index (χ1) is 12.5. The van der Waals surface area contributed by atoms with Crippen LogP contribution in [0.15, 0.2) is 12.5 Å². The molecule has 1 aromatic heterocycles. The summed E-state index contributed by atoms with van der Waals surface area (Å²) >= 11 is 0. The molecule has 3 atom stereocenters. The molecular weight excluding hydrogens is 340 g/mol. The van der Waals surface area contributed by atoms with Gasteiger partial charge >= 0.3 is 0 Å². The summed E-state index contributed by atoms with van der Waals surface area (Å²) in [7, 11) is 0. The van der Waals surface area contributed by atoms with Gasteiger partial charge in [-0.25, -0.2) is 4.98 Å². The molecule has 2 aliphatic heterocycles. The predicted octanol–water partition coefficient (Wildman–Crippen LogP) is -1.81. The molecule has 2 fully saturated rings. The molecule has 0 aliphatic carbocycles.